The third-order valence-electron chi connectivity index (χ3n) is 7.76. The first-order chi connectivity index (χ1) is 22.9. The maximum absolute atomic E-state index is 12.8. The molecule has 0 spiro atoms. The Morgan fingerprint density at radius 2 is 1.36 bits per heavy atom. The van der Waals surface area contributed by atoms with Gasteiger partial charge in [-0.25, -0.2) is 0 Å². The number of benzene rings is 4. The van der Waals surface area contributed by atoms with E-state index >= 15 is 0 Å². The summed E-state index contributed by atoms with van der Waals surface area (Å²) in [7, 11) is 4.63. The number of amides is 1. The highest BCUT2D eigenvalue weighted by atomic mass is 16.5. The second-order valence-electron chi connectivity index (χ2n) is 10.6. The molecule has 5 N–H and O–H groups in total. The molecule has 1 heterocycles. The molecular formula is C36H38N2O9. The number of anilines is 1. The highest BCUT2D eigenvalue weighted by Gasteiger charge is 2.25. The summed E-state index contributed by atoms with van der Waals surface area (Å²) in [6.45, 7) is -0.306. The van der Waals surface area contributed by atoms with Crippen LogP contribution < -0.4 is 34.3 Å². The lowest BCUT2D eigenvalue weighted by Gasteiger charge is -2.29. The number of carbonyl (C=O) groups is 1. The van der Waals surface area contributed by atoms with Crippen LogP contribution in [0.15, 0.2) is 66.7 Å². The highest BCUT2D eigenvalue weighted by molar-refractivity contribution is 6.02. The number of ether oxygens (including phenoxy) is 5. The quantitative estimate of drug-likeness (QED) is 0.0971. The van der Waals surface area contributed by atoms with Gasteiger partial charge in [0.2, 0.25) is 0 Å². The van der Waals surface area contributed by atoms with Crippen molar-refractivity contribution in [1.82, 2.24) is 5.32 Å². The van der Waals surface area contributed by atoms with Gasteiger partial charge in [-0.3, -0.25) is 4.79 Å². The molecule has 1 atom stereocenters. The number of hydrogen-bond donors (Lipinski definition) is 5. The van der Waals surface area contributed by atoms with Crippen LogP contribution >= 0.6 is 0 Å². The Morgan fingerprint density at radius 1 is 0.660 bits per heavy atom. The topological polar surface area (TPSA) is 148 Å². The number of aliphatic hydroxyl groups excluding tert-OH is 3. The SMILES string of the molecule is COc1ccc2c(c1)C(=O)NC(c1ccc(OCCOc3cc(C=Cc4cc(CO)c(CO)c(OC)c4)ccc3OC)c(CO)c1)N2. The Labute approximate surface area is 272 Å². The first-order valence-electron chi connectivity index (χ1n) is 14.9. The number of aliphatic hydroxyl groups is 3. The van der Waals surface area contributed by atoms with Gasteiger partial charge in [-0.05, 0) is 76.9 Å². The van der Waals surface area contributed by atoms with Crippen LogP contribution in [-0.4, -0.2) is 55.8 Å². The van der Waals surface area contributed by atoms with E-state index in [4.69, 9.17) is 23.7 Å². The van der Waals surface area contributed by atoms with Gasteiger partial charge in [-0.2, -0.15) is 0 Å². The summed E-state index contributed by atoms with van der Waals surface area (Å²) in [6.07, 6.45) is 3.28. The monoisotopic (exact) mass is 642 g/mol. The van der Waals surface area contributed by atoms with Crippen LogP contribution in [0.2, 0.25) is 0 Å². The van der Waals surface area contributed by atoms with Gasteiger partial charge in [0, 0.05) is 16.8 Å². The van der Waals surface area contributed by atoms with Crippen LogP contribution in [0, 0.1) is 0 Å². The van der Waals surface area contributed by atoms with E-state index in [9.17, 15) is 20.1 Å². The molecule has 1 aliphatic heterocycles. The fourth-order valence-electron chi connectivity index (χ4n) is 5.31. The van der Waals surface area contributed by atoms with Crippen LogP contribution in [0.4, 0.5) is 5.69 Å². The number of methoxy groups -OCH3 is 3. The predicted molar refractivity (Wildman–Crippen MR) is 177 cm³/mol. The van der Waals surface area contributed by atoms with Gasteiger partial charge < -0.3 is 49.6 Å². The minimum atomic E-state index is -0.487. The molecule has 0 aromatic heterocycles. The molecule has 0 aliphatic carbocycles. The van der Waals surface area contributed by atoms with Crippen molar-refractivity contribution < 1.29 is 43.8 Å². The summed E-state index contributed by atoms with van der Waals surface area (Å²) in [6, 6.07) is 19.8. The zero-order chi connectivity index (χ0) is 33.3. The Balaban J connectivity index is 1.22. The van der Waals surface area contributed by atoms with Crippen molar-refractivity contribution >= 4 is 23.7 Å². The normalized spacial score (nSPS) is 13.8. The number of rotatable bonds is 14. The minimum Gasteiger partial charge on any atom is -0.497 e. The first-order valence-corrected chi connectivity index (χ1v) is 14.9. The minimum absolute atomic E-state index is 0.199. The number of nitrogens with one attached hydrogen (secondary N) is 2. The van der Waals surface area contributed by atoms with Gasteiger partial charge in [0.05, 0.1) is 46.7 Å². The van der Waals surface area contributed by atoms with E-state index in [1.54, 1.807) is 62.8 Å². The van der Waals surface area contributed by atoms with Crippen molar-refractivity contribution in [2.75, 3.05) is 39.9 Å². The van der Waals surface area contributed by atoms with E-state index in [1.165, 1.54) is 7.11 Å². The Hall–Kier alpha value is -5.23. The molecule has 11 nitrogen and oxygen atoms in total. The molecule has 0 bridgehead atoms. The van der Waals surface area contributed by atoms with E-state index in [0.29, 0.717) is 56.7 Å². The largest absolute Gasteiger partial charge is 0.497 e. The van der Waals surface area contributed by atoms with Crippen molar-refractivity contribution in [3.8, 4) is 28.7 Å². The standard InChI is InChI=1S/C36H38N2O9/c1-43-27-8-9-30-28(18-27)36(42)38-35(37-30)24-7-11-31(26(17-24)20-40)46-12-13-47-34-15-22(6-10-32(34)44-2)4-5-23-14-25(19-39)29(21-41)33(16-23)45-3/h4-11,14-18,35,37,39-41H,12-13,19-21H2,1-3H3,(H,38,42). The molecule has 47 heavy (non-hydrogen) atoms. The maximum Gasteiger partial charge on any atom is 0.255 e. The van der Waals surface area contributed by atoms with E-state index in [0.717, 1.165) is 16.7 Å². The van der Waals surface area contributed by atoms with E-state index in [1.807, 2.05) is 30.4 Å². The highest BCUT2D eigenvalue weighted by Crippen LogP contribution is 2.33. The third-order valence-corrected chi connectivity index (χ3v) is 7.76. The second kappa shape index (κ2) is 15.4. The second-order valence-corrected chi connectivity index (χ2v) is 10.6. The number of carbonyl (C=O) groups excluding carboxylic acids is 1. The van der Waals surface area contributed by atoms with Crippen molar-refractivity contribution in [2.45, 2.75) is 26.0 Å². The zero-order valence-corrected chi connectivity index (χ0v) is 26.4. The molecule has 4 aromatic carbocycles. The molecule has 0 radical (unpaired) electrons. The van der Waals surface area contributed by atoms with Crippen LogP contribution in [0.25, 0.3) is 12.2 Å². The first kappa shape index (κ1) is 33.1. The average molecular weight is 643 g/mol. The van der Waals surface area contributed by atoms with Crippen LogP contribution in [0.1, 0.15) is 49.9 Å². The molecule has 4 aromatic rings. The zero-order valence-electron chi connectivity index (χ0n) is 26.4. The van der Waals surface area contributed by atoms with Crippen molar-refractivity contribution in [3.63, 3.8) is 0 Å². The van der Waals surface area contributed by atoms with E-state index < -0.39 is 6.17 Å². The Bertz CT molecular complexity index is 1730. The van der Waals surface area contributed by atoms with Crippen molar-refractivity contribution in [3.05, 3.63) is 106 Å². The molecule has 1 aliphatic rings. The fourth-order valence-corrected chi connectivity index (χ4v) is 5.31. The smallest absolute Gasteiger partial charge is 0.255 e. The number of hydrogen-bond acceptors (Lipinski definition) is 10. The lowest BCUT2D eigenvalue weighted by Crippen LogP contribution is -2.38. The summed E-state index contributed by atoms with van der Waals surface area (Å²) in [4.78, 5) is 12.8. The van der Waals surface area contributed by atoms with Crippen LogP contribution in [-0.2, 0) is 19.8 Å². The fraction of sp³-hybridized carbons (Fsp3) is 0.250. The molecule has 1 unspecified atom stereocenters. The van der Waals surface area contributed by atoms with Gasteiger partial charge in [-0.15, -0.1) is 0 Å². The maximum atomic E-state index is 12.8. The molecule has 0 saturated carbocycles. The molecule has 1 amide bonds. The molecular weight excluding hydrogens is 604 g/mol. The third kappa shape index (κ3) is 7.60. The molecule has 0 saturated heterocycles. The summed E-state index contributed by atoms with van der Waals surface area (Å²) < 4.78 is 28.1. The van der Waals surface area contributed by atoms with Gasteiger partial charge in [0.1, 0.15) is 36.6 Å². The van der Waals surface area contributed by atoms with Gasteiger partial charge in [0.15, 0.2) is 11.5 Å². The van der Waals surface area contributed by atoms with Gasteiger partial charge >= 0.3 is 0 Å². The van der Waals surface area contributed by atoms with E-state index in [2.05, 4.69) is 10.6 Å². The molecule has 5 rings (SSSR count). The summed E-state index contributed by atoms with van der Waals surface area (Å²) in [5.41, 5.74) is 5.30. The van der Waals surface area contributed by atoms with Gasteiger partial charge in [0.25, 0.3) is 5.91 Å². The molecule has 11 heteroatoms. The predicted octanol–water partition coefficient (Wildman–Crippen LogP) is 4.67. The van der Waals surface area contributed by atoms with Crippen LogP contribution in [0.3, 0.4) is 0 Å². The summed E-state index contributed by atoms with van der Waals surface area (Å²) >= 11 is 0. The Kier molecular flexibility index (Phi) is 10.8. The lowest BCUT2D eigenvalue weighted by atomic mass is 10.0. The van der Waals surface area contributed by atoms with Crippen molar-refractivity contribution in [1.29, 1.82) is 0 Å². The molecule has 0 fully saturated rings. The average Bonchev–Trinajstić information content (AvgIpc) is 3.11. The van der Waals surface area contributed by atoms with Gasteiger partial charge in [-0.1, -0.05) is 24.3 Å². The van der Waals surface area contributed by atoms with Crippen molar-refractivity contribution in [2.24, 2.45) is 0 Å². The summed E-state index contributed by atoms with van der Waals surface area (Å²) in [5, 5.41) is 35.7. The van der Waals surface area contributed by atoms with Crippen LogP contribution in [0.5, 0.6) is 28.7 Å². The lowest BCUT2D eigenvalue weighted by molar-refractivity contribution is 0.0935. The molecule has 246 valence electrons. The summed E-state index contributed by atoms with van der Waals surface area (Å²) in [5.74, 6) is 2.45. The van der Waals surface area contributed by atoms with E-state index in [-0.39, 0.29) is 38.9 Å². The number of fused-ring (bicyclic) bond motifs is 1. The Morgan fingerprint density at radius 3 is 2.06 bits per heavy atom.